The van der Waals surface area contributed by atoms with Crippen LogP contribution in [0.5, 0.6) is 0 Å². The summed E-state index contributed by atoms with van der Waals surface area (Å²) in [4.78, 5) is 39.3. The molecule has 0 unspecified atom stereocenters. The molecule has 0 saturated heterocycles. The van der Waals surface area contributed by atoms with Crippen molar-refractivity contribution in [3.63, 3.8) is 0 Å². The third-order valence-corrected chi connectivity index (χ3v) is 6.76. The van der Waals surface area contributed by atoms with Gasteiger partial charge < -0.3 is 25.8 Å². The Balaban J connectivity index is 1.27. The van der Waals surface area contributed by atoms with Gasteiger partial charge >= 0.3 is 0 Å². The van der Waals surface area contributed by atoms with Crippen LogP contribution in [0.1, 0.15) is 15.9 Å². The molecule has 2 aromatic heterocycles. The fraction of sp³-hybridized carbons (Fsp3) is 0.125. The second kappa shape index (κ2) is 12.7. The highest BCUT2D eigenvalue weighted by molar-refractivity contribution is 6.33. The number of halogens is 1. The predicted molar refractivity (Wildman–Crippen MR) is 170 cm³/mol. The molecular formula is C32H30ClN7O2. The van der Waals surface area contributed by atoms with Crippen LogP contribution in [0.2, 0.25) is 5.02 Å². The molecule has 0 saturated carbocycles. The van der Waals surface area contributed by atoms with Gasteiger partial charge in [-0.2, -0.15) is 0 Å². The van der Waals surface area contributed by atoms with Crippen LogP contribution in [0.4, 0.5) is 23.0 Å². The largest absolute Gasteiger partial charge is 0.360 e. The maximum absolute atomic E-state index is 13.0. The van der Waals surface area contributed by atoms with Crippen LogP contribution in [0.25, 0.3) is 22.2 Å². The van der Waals surface area contributed by atoms with Gasteiger partial charge in [0.1, 0.15) is 0 Å². The van der Waals surface area contributed by atoms with Gasteiger partial charge in [-0.3, -0.25) is 9.59 Å². The number of carbonyl (C=O) groups is 2. The Labute approximate surface area is 248 Å². The summed E-state index contributed by atoms with van der Waals surface area (Å²) < 4.78 is 0. The molecule has 2 heterocycles. The molecule has 0 atom stereocenters. The Kier molecular flexibility index (Phi) is 8.61. The van der Waals surface area contributed by atoms with E-state index in [2.05, 4.69) is 25.9 Å². The highest BCUT2D eigenvalue weighted by atomic mass is 35.5. The number of H-pyrrole nitrogens is 1. The monoisotopic (exact) mass is 579 g/mol. The van der Waals surface area contributed by atoms with Gasteiger partial charge in [-0.15, -0.1) is 0 Å². The molecule has 0 fully saturated rings. The molecule has 2 amide bonds. The summed E-state index contributed by atoms with van der Waals surface area (Å²) in [6, 6.07) is 20.2. The van der Waals surface area contributed by atoms with Gasteiger partial charge in [0, 0.05) is 57.9 Å². The minimum atomic E-state index is -0.280. The maximum Gasteiger partial charge on any atom is 0.255 e. The van der Waals surface area contributed by atoms with E-state index in [0.29, 0.717) is 40.1 Å². The fourth-order valence-corrected chi connectivity index (χ4v) is 4.49. The normalized spacial score (nSPS) is 11.3. The van der Waals surface area contributed by atoms with E-state index in [-0.39, 0.29) is 11.8 Å². The average Bonchev–Trinajstić information content (AvgIpc) is 3.40. The number of carbonyl (C=O) groups excluding carboxylic acids is 2. The maximum atomic E-state index is 13.0. The van der Waals surface area contributed by atoms with Crippen LogP contribution in [-0.4, -0.2) is 52.3 Å². The minimum Gasteiger partial charge on any atom is -0.360 e. The molecule has 0 spiro atoms. The number of nitrogens with zero attached hydrogens (tertiary/aromatic N) is 3. The number of likely N-dealkylation sites (N-methyl/N-ethyl adjacent to an activating group) is 1. The Morgan fingerprint density at radius 2 is 1.76 bits per heavy atom. The van der Waals surface area contributed by atoms with Crippen molar-refractivity contribution in [3.05, 3.63) is 107 Å². The number of rotatable bonds is 9. The lowest BCUT2D eigenvalue weighted by Gasteiger charge is -2.13. The summed E-state index contributed by atoms with van der Waals surface area (Å²) in [5, 5.41) is 10.4. The second-order valence-corrected chi connectivity index (χ2v) is 10.4. The molecule has 42 heavy (non-hydrogen) atoms. The summed E-state index contributed by atoms with van der Waals surface area (Å²) in [5.74, 6) is -0.134. The van der Waals surface area contributed by atoms with Gasteiger partial charge in [0.15, 0.2) is 0 Å². The van der Waals surface area contributed by atoms with E-state index in [9.17, 15) is 9.59 Å². The molecule has 0 bridgehead atoms. The van der Waals surface area contributed by atoms with E-state index in [4.69, 9.17) is 16.6 Å². The van der Waals surface area contributed by atoms with Crippen molar-refractivity contribution >= 4 is 57.3 Å². The van der Waals surface area contributed by atoms with Crippen molar-refractivity contribution in [3.8, 4) is 11.3 Å². The van der Waals surface area contributed by atoms with Crippen molar-refractivity contribution in [2.45, 2.75) is 6.92 Å². The second-order valence-electron chi connectivity index (χ2n) is 9.98. The highest BCUT2D eigenvalue weighted by Crippen LogP contribution is 2.33. The third kappa shape index (κ3) is 6.83. The molecule has 212 valence electrons. The van der Waals surface area contributed by atoms with E-state index >= 15 is 0 Å². The van der Waals surface area contributed by atoms with Crippen molar-refractivity contribution in [2.24, 2.45) is 0 Å². The zero-order valence-electron chi connectivity index (χ0n) is 23.4. The molecule has 9 nitrogen and oxygen atoms in total. The highest BCUT2D eigenvalue weighted by Gasteiger charge is 2.14. The third-order valence-electron chi connectivity index (χ3n) is 6.48. The van der Waals surface area contributed by atoms with E-state index in [1.54, 1.807) is 36.5 Å². The van der Waals surface area contributed by atoms with Crippen LogP contribution < -0.4 is 16.0 Å². The van der Waals surface area contributed by atoms with Gasteiger partial charge in [0.05, 0.1) is 16.9 Å². The molecule has 3 aromatic carbocycles. The number of hydrogen-bond donors (Lipinski definition) is 4. The molecule has 10 heteroatoms. The topological polar surface area (TPSA) is 115 Å². The quantitative estimate of drug-likeness (QED) is 0.146. The molecule has 0 aliphatic carbocycles. The van der Waals surface area contributed by atoms with E-state index in [1.807, 2.05) is 74.6 Å². The Hall–Kier alpha value is -4.99. The predicted octanol–water partition coefficient (Wildman–Crippen LogP) is 6.64. The molecule has 0 radical (unpaired) electrons. The van der Waals surface area contributed by atoms with Crippen LogP contribution >= 0.6 is 11.6 Å². The summed E-state index contributed by atoms with van der Waals surface area (Å²) in [6.07, 6.45) is 6.72. The van der Waals surface area contributed by atoms with Gasteiger partial charge in [0.2, 0.25) is 11.9 Å². The number of hydrogen-bond acceptors (Lipinski definition) is 6. The number of aromatic nitrogens is 3. The number of anilines is 4. The molecular weight excluding hydrogens is 550 g/mol. The van der Waals surface area contributed by atoms with E-state index < -0.39 is 0 Å². The number of aromatic amines is 1. The molecule has 5 rings (SSSR count). The number of amides is 2. The fourth-order valence-electron chi connectivity index (χ4n) is 4.30. The van der Waals surface area contributed by atoms with Crippen LogP contribution in [0, 0.1) is 6.92 Å². The minimum absolute atomic E-state index is 0.230. The molecule has 0 aliphatic heterocycles. The molecule has 4 N–H and O–H groups in total. The van der Waals surface area contributed by atoms with Crippen LogP contribution in [-0.2, 0) is 4.79 Å². The average molecular weight is 580 g/mol. The van der Waals surface area contributed by atoms with Crippen molar-refractivity contribution in [1.29, 1.82) is 0 Å². The van der Waals surface area contributed by atoms with Crippen LogP contribution in [0.3, 0.4) is 0 Å². The van der Waals surface area contributed by atoms with Gasteiger partial charge in [0.25, 0.3) is 5.91 Å². The number of nitrogens with one attached hydrogen (secondary N) is 4. The standard InChI is InChI=1S/C32H30ClN7O2/c1-20-10-13-23(37-31(42)21-11-14-22(15-12-21)36-29(41)9-6-16-40(2)3)17-28(20)38-32-35-19-26(33)30(39-32)25-18-34-27-8-5-4-7-24(25)27/h4-15,17-19,34H,16H2,1-3H3,(H,36,41)(H,37,42)(H,35,38,39)/b9-6+. The first kappa shape index (κ1) is 28.5. The summed E-state index contributed by atoms with van der Waals surface area (Å²) in [5.41, 5.74) is 5.81. The van der Waals surface area contributed by atoms with Crippen LogP contribution in [0.15, 0.2) is 91.3 Å². The van der Waals surface area contributed by atoms with Gasteiger partial charge in [-0.25, -0.2) is 9.97 Å². The SMILES string of the molecule is Cc1ccc(NC(=O)c2ccc(NC(=O)/C=C/CN(C)C)cc2)cc1Nc1ncc(Cl)c(-c2c[nH]c3ccccc23)n1. The first-order valence-corrected chi connectivity index (χ1v) is 13.6. The Bertz CT molecular complexity index is 1780. The Morgan fingerprint density at radius 1 is 1.00 bits per heavy atom. The van der Waals surface area contributed by atoms with Crippen molar-refractivity contribution in [1.82, 2.24) is 19.9 Å². The zero-order chi connectivity index (χ0) is 29.6. The summed E-state index contributed by atoms with van der Waals surface area (Å²) in [6.45, 7) is 2.62. The summed E-state index contributed by atoms with van der Waals surface area (Å²) >= 11 is 6.49. The number of benzene rings is 3. The smallest absolute Gasteiger partial charge is 0.255 e. The van der Waals surface area contributed by atoms with Crippen molar-refractivity contribution in [2.75, 3.05) is 36.6 Å². The van der Waals surface area contributed by atoms with Gasteiger partial charge in [-0.1, -0.05) is 41.9 Å². The lowest BCUT2D eigenvalue weighted by Crippen LogP contribution is -2.14. The molecule has 5 aromatic rings. The number of fused-ring (bicyclic) bond motifs is 1. The van der Waals surface area contributed by atoms with Gasteiger partial charge in [-0.05, 0) is 69.0 Å². The number of para-hydroxylation sites is 1. The lowest BCUT2D eigenvalue weighted by molar-refractivity contribution is -0.111. The Morgan fingerprint density at radius 3 is 2.55 bits per heavy atom. The van der Waals surface area contributed by atoms with E-state index in [1.165, 1.54) is 6.08 Å². The number of aryl methyl sites for hydroxylation is 1. The van der Waals surface area contributed by atoms with E-state index in [0.717, 1.165) is 27.7 Å². The first-order valence-electron chi connectivity index (χ1n) is 13.3. The zero-order valence-corrected chi connectivity index (χ0v) is 24.2. The first-order chi connectivity index (χ1) is 20.3. The lowest BCUT2D eigenvalue weighted by atomic mass is 10.1. The van der Waals surface area contributed by atoms with Crippen molar-refractivity contribution < 1.29 is 9.59 Å². The molecule has 0 aliphatic rings. The summed E-state index contributed by atoms with van der Waals surface area (Å²) in [7, 11) is 3.85.